The van der Waals surface area contributed by atoms with Crippen LogP contribution in [-0.4, -0.2) is 51.7 Å². The van der Waals surface area contributed by atoms with Crippen molar-refractivity contribution >= 4 is 17.3 Å². The van der Waals surface area contributed by atoms with Gasteiger partial charge in [0.15, 0.2) is 5.69 Å². The molecule has 1 aliphatic heterocycles. The Kier molecular flexibility index (Phi) is 4.94. The number of aromatic nitrogens is 2. The maximum absolute atomic E-state index is 14.0. The van der Waals surface area contributed by atoms with Crippen LogP contribution in [0.5, 0.6) is 0 Å². The smallest absolute Gasteiger partial charge is 0.274 e. The van der Waals surface area contributed by atoms with Crippen LogP contribution in [-0.2, 0) is 0 Å². The Morgan fingerprint density at radius 1 is 1.00 bits per heavy atom. The van der Waals surface area contributed by atoms with E-state index < -0.39 is 4.92 Å². The number of rotatable bonds is 4. The molecule has 148 valence electrons. The van der Waals surface area contributed by atoms with Crippen LogP contribution in [0.15, 0.2) is 60.8 Å². The molecule has 1 fully saturated rings. The summed E-state index contributed by atoms with van der Waals surface area (Å²) in [7, 11) is 0. The molecule has 1 amide bonds. The lowest BCUT2D eigenvalue weighted by atomic mass is 10.2. The number of nitro benzene ring substituents is 1. The number of carbonyl (C=O) groups excluding carboxylic acids is 1. The molecule has 0 radical (unpaired) electrons. The number of benzene rings is 2. The lowest BCUT2D eigenvalue weighted by molar-refractivity contribution is -0.384. The average molecular weight is 395 g/mol. The number of nitro groups is 1. The van der Waals surface area contributed by atoms with E-state index in [0.29, 0.717) is 43.2 Å². The number of halogens is 1. The Bertz CT molecular complexity index is 1040. The van der Waals surface area contributed by atoms with Crippen LogP contribution in [0.3, 0.4) is 0 Å². The summed E-state index contributed by atoms with van der Waals surface area (Å²) in [6.07, 6.45) is 1.64. The number of carbonyl (C=O) groups is 1. The van der Waals surface area contributed by atoms with E-state index in [0.717, 1.165) is 0 Å². The minimum Gasteiger partial charge on any atom is -0.366 e. The Morgan fingerprint density at radius 2 is 1.69 bits per heavy atom. The maximum Gasteiger partial charge on any atom is 0.274 e. The molecule has 0 spiro atoms. The first-order valence-electron chi connectivity index (χ1n) is 9.12. The molecule has 3 aromatic rings. The van der Waals surface area contributed by atoms with Crippen LogP contribution in [0.2, 0.25) is 0 Å². The second-order valence-electron chi connectivity index (χ2n) is 6.65. The van der Waals surface area contributed by atoms with Crippen molar-refractivity contribution in [3.05, 3.63) is 82.4 Å². The van der Waals surface area contributed by atoms with Gasteiger partial charge in [0.05, 0.1) is 16.3 Å². The van der Waals surface area contributed by atoms with Gasteiger partial charge < -0.3 is 9.80 Å². The van der Waals surface area contributed by atoms with E-state index in [-0.39, 0.29) is 17.4 Å². The zero-order valence-electron chi connectivity index (χ0n) is 15.4. The second kappa shape index (κ2) is 7.70. The molecule has 0 unspecified atom stereocenters. The molecule has 0 aliphatic carbocycles. The minimum absolute atomic E-state index is 0.00932. The van der Waals surface area contributed by atoms with Gasteiger partial charge in [0.2, 0.25) is 0 Å². The van der Waals surface area contributed by atoms with Gasteiger partial charge in [0.25, 0.3) is 11.6 Å². The van der Waals surface area contributed by atoms with E-state index in [4.69, 9.17) is 0 Å². The summed E-state index contributed by atoms with van der Waals surface area (Å²) in [4.78, 5) is 26.7. The van der Waals surface area contributed by atoms with Gasteiger partial charge in [-0.3, -0.25) is 14.9 Å². The maximum atomic E-state index is 14.0. The van der Waals surface area contributed by atoms with Crippen LogP contribution in [0, 0.1) is 15.9 Å². The molecule has 4 rings (SSSR count). The summed E-state index contributed by atoms with van der Waals surface area (Å²) < 4.78 is 15.5. The van der Waals surface area contributed by atoms with E-state index in [2.05, 4.69) is 5.10 Å². The van der Waals surface area contributed by atoms with Crippen LogP contribution in [0.4, 0.5) is 15.8 Å². The molecule has 0 atom stereocenters. The van der Waals surface area contributed by atoms with Crippen molar-refractivity contribution in [1.82, 2.24) is 14.7 Å². The van der Waals surface area contributed by atoms with Crippen molar-refractivity contribution in [2.45, 2.75) is 0 Å². The SMILES string of the molecule is O=C(c1ccn(-c2ccc([N+](=O)[O-])cc2)n1)N1CCN(c2ccccc2F)CC1. The first-order chi connectivity index (χ1) is 14.0. The predicted molar refractivity (Wildman–Crippen MR) is 105 cm³/mol. The molecule has 8 nitrogen and oxygen atoms in total. The van der Waals surface area contributed by atoms with Gasteiger partial charge in [-0.25, -0.2) is 9.07 Å². The molecular formula is C20H18FN5O3. The average Bonchev–Trinajstić information content (AvgIpc) is 3.24. The first-order valence-corrected chi connectivity index (χ1v) is 9.12. The molecule has 2 aromatic carbocycles. The highest BCUT2D eigenvalue weighted by Gasteiger charge is 2.25. The number of amides is 1. The van der Waals surface area contributed by atoms with E-state index in [9.17, 15) is 19.3 Å². The summed E-state index contributed by atoms with van der Waals surface area (Å²) >= 11 is 0. The lowest BCUT2D eigenvalue weighted by Crippen LogP contribution is -2.49. The van der Waals surface area contributed by atoms with Crippen molar-refractivity contribution in [2.24, 2.45) is 0 Å². The van der Waals surface area contributed by atoms with Crippen LogP contribution < -0.4 is 4.90 Å². The van der Waals surface area contributed by atoms with Crippen molar-refractivity contribution < 1.29 is 14.1 Å². The van der Waals surface area contributed by atoms with Crippen LogP contribution in [0.1, 0.15) is 10.5 Å². The summed E-state index contributed by atoms with van der Waals surface area (Å²) in [5.74, 6) is -0.465. The fourth-order valence-corrected chi connectivity index (χ4v) is 3.33. The van der Waals surface area contributed by atoms with Gasteiger partial charge in [-0.15, -0.1) is 0 Å². The molecule has 9 heteroatoms. The Morgan fingerprint density at radius 3 is 2.34 bits per heavy atom. The van der Waals surface area contributed by atoms with E-state index in [1.165, 1.54) is 22.9 Å². The largest absolute Gasteiger partial charge is 0.366 e. The molecule has 1 saturated heterocycles. The molecule has 0 bridgehead atoms. The third-order valence-corrected chi connectivity index (χ3v) is 4.89. The van der Waals surface area contributed by atoms with Crippen molar-refractivity contribution in [3.63, 3.8) is 0 Å². The normalized spacial score (nSPS) is 14.1. The Balaban J connectivity index is 1.42. The van der Waals surface area contributed by atoms with Crippen molar-refractivity contribution in [1.29, 1.82) is 0 Å². The summed E-state index contributed by atoms with van der Waals surface area (Å²) in [5, 5.41) is 15.1. The number of piperazine rings is 1. The van der Waals surface area contributed by atoms with Gasteiger partial charge in [0.1, 0.15) is 5.82 Å². The minimum atomic E-state index is -0.469. The number of nitrogens with zero attached hydrogens (tertiary/aromatic N) is 5. The third kappa shape index (κ3) is 3.79. The zero-order valence-corrected chi connectivity index (χ0v) is 15.4. The number of anilines is 1. The van der Waals surface area contributed by atoms with Gasteiger partial charge in [0, 0.05) is 44.5 Å². The highest BCUT2D eigenvalue weighted by molar-refractivity contribution is 5.92. The summed E-state index contributed by atoms with van der Waals surface area (Å²) in [6, 6.07) is 14.2. The molecule has 0 saturated carbocycles. The lowest BCUT2D eigenvalue weighted by Gasteiger charge is -2.35. The van der Waals surface area contributed by atoms with Crippen LogP contribution in [0.25, 0.3) is 5.69 Å². The van der Waals surface area contributed by atoms with E-state index in [1.807, 2.05) is 4.90 Å². The number of hydrogen-bond donors (Lipinski definition) is 0. The Hall–Kier alpha value is -3.75. The van der Waals surface area contributed by atoms with Crippen molar-refractivity contribution in [3.8, 4) is 5.69 Å². The Labute approximate surface area is 165 Å². The van der Waals surface area contributed by atoms with Crippen molar-refractivity contribution in [2.75, 3.05) is 31.1 Å². The first kappa shape index (κ1) is 18.6. The highest BCUT2D eigenvalue weighted by atomic mass is 19.1. The molecule has 2 heterocycles. The van der Waals surface area contributed by atoms with Gasteiger partial charge in [-0.05, 0) is 30.3 Å². The van der Waals surface area contributed by atoms with Gasteiger partial charge in [-0.1, -0.05) is 12.1 Å². The quantitative estimate of drug-likeness (QED) is 0.501. The second-order valence-corrected chi connectivity index (χ2v) is 6.65. The molecule has 1 aromatic heterocycles. The monoisotopic (exact) mass is 395 g/mol. The van der Waals surface area contributed by atoms with Crippen LogP contribution >= 0.6 is 0 Å². The number of non-ortho nitro benzene ring substituents is 1. The zero-order chi connectivity index (χ0) is 20.4. The van der Waals surface area contributed by atoms with E-state index in [1.54, 1.807) is 47.5 Å². The fraction of sp³-hybridized carbons (Fsp3) is 0.200. The van der Waals surface area contributed by atoms with Gasteiger partial charge >= 0.3 is 0 Å². The van der Waals surface area contributed by atoms with Gasteiger partial charge in [-0.2, -0.15) is 5.10 Å². The number of hydrogen-bond acceptors (Lipinski definition) is 5. The molecule has 29 heavy (non-hydrogen) atoms. The third-order valence-electron chi connectivity index (χ3n) is 4.89. The topological polar surface area (TPSA) is 84.5 Å². The molecule has 1 aliphatic rings. The summed E-state index contributed by atoms with van der Waals surface area (Å²) in [6.45, 7) is 2.01. The summed E-state index contributed by atoms with van der Waals surface area (Å²) in [5.41, 5.74) is 1.45. The molecular weight excluding hydrogens is 377 g/mol. The highest BCUT2D eigenvalue weighted by Crippen LogP contribution is 2.21. The standard InChI is InChI=1S/C20H18FN5O3/c21-17-3-1-2-4-19(17)23-11-13-24(14-12-23)20(27)18-9-10-25(22-18)15-5-7-16(8-6-15)26(28)29/h1-10H,11-14H2. The van der Waals surface area contributed by atoms with E-state index >= 15 is 0 Å². The molecule has 0 N–H and O–H groups in total. The number of para-hydroxylation sites is 1. The fourth-order valence-electron chi connectivity index (χ4n) is 3.33. The predicted octanol–water partition coefficient (Wildman–Crippen LogP) is 2.88.